The molecule has 0 atom stereocenters. The lowest BCUT2D eigenvalue weighted by atomic mass is 10.0. The largest absolute Gasteiger partial charge is 0.329 e. The number of carbonyl (C=O) groups excluding carboxylic acids is 1. The fourth-order valence-electron chi connectivity index (χ4n) is 2.61. The van der Waals surface area contributed by atoms with Crippen molar-refractivity contribution in [3.8, 4) is 0 Å². The van der Waals surface area contributed by atoms with Crippen molar-refractivity contribution in [1.82, 2.24) is 4.72 Å². The Kier molecular flexibility index (Phi) is 7.97. The summed E-state index contributed by atoms with van der Waals surface area (Å²) in [5.41, 5.74) is 7.96. The number of unbranched alkanes of at least 4 members (excludes halogenated alkanes) is 1. The summed E-state index contributed by atoms with van der Waals surface area (Å²) in [7, 11) is -3.63. The van der Waals surface area contributed by atoms with Gasteiger partial charge in [0.2, 0.25) is 15.9 Å². The first-order valence-electron chi connectivity index (χ1n) is 9.12. The zero-order valence-corrected chi connectivity index (χ0v) is 16.4. The smallest absolute Gasteiger partial charge is 0.240 e. The second kappa shape index (κ2) is 10.2. The first-order valence-corrected chi connectivity index (χ1v) is 10.6. The van der Waals surface area contributed by atoms with Gasteiger partial charge in [0, 0.05) is 18.8 Å². The lowest BCUT2D eigenvalue weighted by Crippen LogP contribution is -2.29. The highest BCUT2D eigenvalue weighted by Gasteiger charge is 2.14. The zero-order chi connectivity index (χ0) is 19.7. The van der Waals surface area contributed by atoms with Crippen LogP contribution in [0.25, 0.3) is 0 Å². The molecule has 6 nitrogen and oxygen atoms in total. The number of sulfonamides is 1. The molecule has 0 aliphatic rings. The van der Waals surface area contributed by atoms with Crippen molar-refractivity contribution in [2.45, 2.75) is 37.5 Å². The molecule has 0 saturated carbocycles. The van der Waals surface area contributed by atoms with Crippen molar-refractivity contribution >= 4 is 21.6 Å². The van der Waals surface area contributed by atoms with Gasteiger partial charge in [0.15, 0.2) is 0 Å². The van der Waals surface area contributed by atoms with E-state index in [1.165, 1.54) is 17.7 Å². The second-order valence-corrected chi connectivity index (χ2v) is 8.13. The van der Waals surface area contributed by atoms with Crippen LogP contribution in [0.4, 0.5) is 5.69 Å². The van der Waals surface area contributed by atoms with E-state index < -0.39 is 10.0 Å². The van der Waals surface area contributed by atoms with Crippen LogP contribution in [0, 0.1) is 0 Å². The Morgan fingerprint density at radius 1 is 1.07 bits per heavy atom. The van der Waals surface area contributed by atoms with Gasteiger partial charge in [-0.05, 0) is 42.2 Å². The van der Waals surface area contributed by atoms with Crippen LogP contribution >= 0.6 is 0 Å². The molecule has 0 bridgehead atoms. The van der Waals surface area contributed by atoms with Crippen molar-refractivity contribution in [2.75, 3.05) is 18.4 Å². The molecule has 0 fully saturated rings. The number of benzene rings is 2. The van der Waals surface area contributed by atoms with Gasteiger partial charge in [0.1, 0.15) is 0 Å². The summed E-state index contributed by atoms with van der Waals surface area (Å²) >= 11 is 0. The molecule has 0 heterocycles. The van der Waals surface area contributed by atoms with Crippen LogP contribution < -0.4 is 15.8 Å². The Labute approximate surface area is 161 Å². The van der Waals surface area contributed by atoms with Gasteiger partial charge in [-0.15, -0.1) is 0 Å². The third-order valence-corrected chi connectivity index (χ3v) is 5.53. The molecule has 1 amide bonds. The van der Waals surface area contributed by atoms with E-state index in [-0.39, 0.29) is 30.3 Å². The number of aryl methyl sites for hydroxylation is 1. The molecule has 0 saturated heterocycles. The van der Waals surface area contributed by atoms with Crippen molar-refractivity contribution < 1.29 is 13.2 Å². The predicted molar refractivity (Wildman–Crippen MR) is 108 cm³/mol. The quantitative estimate of drug-likeness (QED) is 0.581. The predicted octanol–water partition coefficient (Wildman–Crippen LogP) is 2.45. The van der Waals surface area contributed by atoms with E-state index in [9.17, 15) is 13.2 Å². The number of nitrogens with two attached hydrogens (primary N) is 1. The molecule has 7 heteroatoms. The third-order valence-electron chi connectivity index (χ3n) is 4.07. The molecule has 0 unspecified atom stereocenters. The zero-order valence-electron chi connectivity index (χ0n) is 15.6. The Morgan fingerprint density at radius 2 is 1.78 bits per heavy atom. The van der Waals surface area contributed by atoms with E-state index in [2.05, 4.69) is 29.1 Å². The van der Waals surface area contributed by atoms with Crippen LogP contribution in [0.5, 0.6) is 0 Å². The number of rotatable bonds is 10. The maximum Gasteiger partial charge on any atom is 0.240 e. The standard InChI is InChI=1S/C20H27N3O3S/c1-2-3-5-16-8-10-17(11-9-16)14-20(24)23-18-6-4-7-19(15-18)27(25,26)22-13-12-21/h4,6-11,15,22H,2-3,5,12-14,21H2,1H3,(H,23,24). The summed E-state index contributed by atoms with van der Waals surface area (Å²) in [5.74, 6) is -0.194. The number of anilines is 1. The Balaban J connectivity index is 1.98. The molecule has 0 radical (unpaired) electrons. The van der Waals surface area contributed by atoms with Gasteiger partial charge >= 0.3 is 0 Å². The van der Waals surface area contributed by atoms with Gasteiger partial charge in [-0.3, -0.25) is 4.79 Å². The average Bonchev–Trinajstić information content (AvgIpc) is 2.66. The van der Waals surface area contributed by atoms with E-state index in [1.807, 2.05) is 12.1 Å². The maximum atomic E-state index is 12.3. The minimum absolute atomic E-state index is 0.0917. The molecule has 27 heavy (non-hydrogen) atoms. The van der Waals surface area contributed by atoms with Gasteiger partial charge in [-0.25, -0.2) is 13.1 Å². The van der Waals surface area contributed by atoms with Crippen LogP contribution in [0.3, 0.4) is 0 Å². The topological polar surface area (TPSA) is 101 Å². The Bertz CT molecular complexity index is 849. The van der Waals surface area contributed by atoms with Crippen LogP contribution in [0.2, 0.25) is 0 Å². The highest BCUT2D eigenvalue weighted by Crippen LogP contribution is 2.16. The average molecular weight is 390 g/mol. The number of nitrogens with one attached hydrogen (secondary N) is 2. The summed E-state index contributed by atoms with van der Waals surface area (Å²) in [4.78, 5) is 12.4. The fraction of sp³-hybridized carbons (Fsp3) is 0.350. The monoisotopic (exact) mass is 389 g/mol. The lowest BCUT2D eigenvalue weighted by molar-refractivity contribution is -0.115. The number of hydrogen-bond acceptors (Lipinski definition) is 4. The highest BCUT2D eigenvalue weighted by atomic mass is 32.2. The number of hydrogen-bond donors (Lipinski definition) is 3. The van der Waals surface area contributed by atoms with E-state index in [4.69, 9.17) is 5.73 Å². The molecule has 0 spiro atoms. The molecule has 0 aliphatic carbocycles. The minimum Gasteiger partial charge on any atom is -0.329 e. The first-order chi connectivity index (χ1) is 12.9. The molecule has 4 N–H and O–H groups in total. The number of carbonyl (C=O) groups is 1. The maximum absolute atomic E-state index is 12.3. The van der Waals surface area contributed by atoms with Gasteiger partial charge < -0.3 is 11.1 Å². The Hall–Kier alpha value is -2.22. The van der Waals surface area contributed by atoms with Gasteiger partial charge in [-0.2, -0.15) is 0 Å². The van der Waals surface area contributed by atoms with Crippen molar-refractivity contribution in [2.24, 2.45) is 5.73 Å². The molecule has 0 aliphatic heterocycles. The summed E-state index contributed by atoms with van der Waals surface area (Å²) in [6, 6.07) is 14.2. The van der Waals surface area contributed by atoms with Crippen LogP contribution in [-0.2, 0) is 27.7 Å². The fourth-order valence-corrected chi connectivity index (χ4v) is 3.71. The summed E-state index contributed by atoms with van der Waals surface area (Å²) in [5, 5.41) is 2.75. The van der Waals surface area contributed by atoms with E-state index in [0.29, 0.717) is 5.69 Å². The summed E-state index contributed by atoms with van der Waals surface area (Å²) in [6.45, 7) is 2.54. The van der Waals surface area contributed by atoms with Crippen LogP contribution in [0.15, 0.2) is 53.4 Å². The van der Waals surface area contributed by atoms with Crippen molar-refractivity contribution in [3.63, 3.8) is 0 Å². The van der Waals surface area contributed by atoms with E-state index >= 15 is 0 Å². The van der Waals surface area contributed by atoms with Gasteiger partial charge in [0.25, 0.3) is 0 Å². The van der Waals surface area contributed by atoms with Crippen LogP contribution in [0.1, 0.15) is 30.9 Å². The van der Waals surface area contributed by atoms with Crippen molar-refractivity contribution in [1.29, 1.82) is 0 Å². The number of amides is 1. The van der Waals surface area contributed by atoms with Gasteiger partial charge in [0.05, 0.1) is 11.3 Å². The molecule has 2 aromatic rings. The van der Waals surface area contributed by atoms with Gasteiger partial charge in [-0.1, -0.05) is 43.7 Å². The minimum atomic E-state index is -3.63. The molecule has 2 aromatic carbocycles. The van der Waals surface area contributed by atoms with E-state index in [1.54, 1.807) is 12.1 Å². The third kappa shape index (κ3) is 6.78. The molecule has 2 rings (SSSR count). The summed E-state index contributed by atoms with van der Waals surface area (Å²) < 4.78 is 26.7. The van der Waals surface area contributed by atoms with Crippen molar-refractivity contribution in [3.05, 3.63) is 59.7 Å². The first kappa shape index (κ1) is 21.1. The molecular formula is C20H27N3O3S. The highest BCUT2D eigenvalue weighted by molar-refractivity contribution is 7.89. The second-order valence-electron chi connectivity index (χ2n) is 6.36. The normalized spacial score (nSPS) is 11.3. The van der Waals surface area contributed by atoms with Crippen LogP contribution in [-0.4, -0.2) is 27.4 Å². The Morgan fingerprint density at radius 3 is 2.44 bits per heavy atom. The molecule has 146 valence electrons. The van der Waals surface area contributed by atoms with E-state index in [0.717, 1.165) is 24.8 Å². The summed E-state index contributed by atoms with van der Waals surface area (Å²) in [6.07, 6.45) is 3.58. The SMILES string of the molecule is CCCCc1ccc(CC(=O)Nc2cccc(S(=O)(=O)NCCN)c2)cc1. The molecule has 0 aromatic heterocycles. The lowest BCUT2D eigenvalue weighted by Gasteiger charge is -2.09. The molecular weight excluding hydrogens is 362 g/mol.